The molecule has 0 N–H and O–H groups in total. The van der Waals surface area contributed by atoms with Crippen molar-refractivity contribution in [1.82, 2.24) is 0 Å². The summed E-state index contributed by atoms with van der Waals surface area (Å²) in [4.78, 5) is 11.1. The first-order valence-corrected chi connectivity index (χ1v) is 6.14. The summed E-state index contributed by atoms with van der Waals surface area (Å²) in [6.07, 6.45) is 1.42. The Morgan fingerprint density at radius 1 is 1.16 bits per heavy atom. The molecule has 3 atom stereocenters. The number of benzene rings is 1. The molecule has 0 aromatic heterocycles. The highest BCUT2D eigenvalue weighted by atomic mass is 16.8. The average molecular weight is 262 g/mol. The lowest BCUT2D eigenvalue weighted by Crippen LogP contribution is -2.41. The molecule has 1 unspecified atom stereocenters. The summed E-state index contributed by atoms with van der Waals surface area (Å²) in [7, 11) is 0. The lowest BCUT2D eigenvalue weighted by Gasteiger charge is -2.26. The van der Waals surface area contributed by atoms with E-state index in [9.17, 15) is 4.79 Å². The fourth-order valence-electron chi connectivity index (χ4n) is 2.12. The summed E-state index contributed by atoms with van der Waals surface area (Å²) in [5, 5.41) is 0. The SMILES string of the molecule is O=C1O[C@@H]2C=COC(COCc3ccccc3)[C@@H]2O1. The van der Waals surface area contributed by atoms with Gasteiger partial charge in [-0.3, -0.25) is 0 Å². The smallest absolute Gasteiger partial charge is 0.492 e. The first-order chi connectivity index (χ1) is 9.33. The zero-order valence-electron chi connectivity index (χ0n) is 10.2. The predicted octanol–water partition coefficient (Wildman–Crippen LogP) is 2.02. The molecule has 0 aliphatic carbocycles. The van der Waals surface area contributed by atoms with Gasteiger partial charge in [-0.25, -0.2) is 4.79 Å². The van der Waals surface area contributed by atoms with Crippen LogP contribution in [0.2, 0.25) is 0 Å². The third-order valence-electron chi connectivity index (χ3n) is 3.07. The highest BCUT2D eigenvalue weighted by Crippen LogP contribution is 2.25. The molecule has 2 aliphatic heterocycles. The van der Waals surface area contributed by atoms with Crippen molar-refractivity contribution in [2.24, 2.45) is 0 Å². The number of ether oxygens (including phenoxy) is 4. The van der Waals surface area contributed by atoms with E-state index < -0.39 is 12.3 Å². The lowest BCUT2D eigenvalue weighted by atomic mass is 10.1. The van der Waals surface area contributed by atoms with Crippen molar-refractivity contribution in [1.29, 1.82) is 0 Å². The third-order valence-corrected chi connectivity index (χ3v) is 3.07. The van der Waals surface area contributed by atoms with E-state index in [2.05, 4.69) is 0 Å². The predicted molar refractivity (Wildman–Crippen MR) is 65.3 cm³/mol. The summed E-state index contributed by atoms with van der Waals surface area (Å²) < 4.78 is 21.1. The van der Waals surface area contributed by atoms with Gasteiger partial charge in [-0.2, -0.15) is 0 Å². The van der Waals surface area contributed by atoms with Gasteiger partial charge in [0.2, 0.25) is 0 Å². The normalized spacial score (nSPS) is 28.2. The maximum atomic E-state index is 11.1. The van der Waals surface area contributed by atoms with Crippen LogP contribution >= 0.6 is 0 Å². The molecule has 2 heterocycles. The van der Waals surface area contributed by atoms with Crippen molar-refractivity contribution in [2.75, 3.05) is 6.61 Å². The van der Waals surface area contributed by atoms with E-state index in [1.807, 2.05) is 30.3 Å². The molecule has 1 fully saturated rings. The molecular formula is C14H14O5. The maximum Gasteiger partial charge on any atom is 0.509 e. The Bertz CT molecular complexity index is 470. The molecule has 0 spiro atoms. The van der Waals surface area contributed by atoms with Gasteiger partial charge >= 0.3 is 6.16 Å². The second-order valence-corrected chi connectivity index (χ2v) is 4.42. The van der Waals surface area contributed by atoms with Crippen molar-refractivity contribution in [3.8, 4) is 0 Å². The number of rotatable bonds is 4. The highest BCUT2D eigenvalue weighted by Gasteiger charge is 2.43. The number of hydrogen-bond acceptors (Lipinski definition) is 5. The van der Waals surface area contributed by atoms with Crippen molar-refractivity contribution >= 4 is 6.16 Å². The van der Waals surface area contributed by atoms with E-state index in [1.54, 1.807) is 6.08 Å². The molecule has 0 saturated carbocycles. The molecule has 5 nitrogen and oxygen atoms in total. The van der Waals surface area contributed by atoms with Crippen molar-refractivity contribution in [3.63, 3.8) is 0 Å². The van der Waals surface area contributed by atoms with E-state index >= 15 is 0 Å². The molecule has 1 saturated heterocycles. The van der Waals surface area contributed by atoms with Gasteiger partial charge in [-0.15, -0.1) is 0 Å². The van der Waals surface area contributed by atoms with Gasteiger partial charge < -0.3 is 18.9 Å². The van der Waals surface area contributed by atoms with Crippen LogP contribution in [0.25, 0.3) is 0 Å². The minimum atomic E-state index is -0.654. The number of carbonyl (C=O) groups excluding carboxylic acids is 1. The fourth-order valence-corrected chi connectivity index (χ4v) is 2.12. The van der Waals surface area contributed by atoms with Crippen molar-refractivity contribution < 1.29 is 23.7 Å². The minimum Gasteiger partial charge on any atom is -0.492 e. The Balaban J connectivity index is 1.53. The van der Waals surface area contributed by atoms with Crippen LogP contribution in [0.15, 0.2) is 42.7 Å². The standard InChI is InChI=1S/C14H14O5/c15-14-18-11-6-7-17-12(13(11)19-14)9-16-8-10-4-2-1-3-5-10/h1-7,11-13H,8-9H2/t11-,12?,13-/m1/s1. The second kappa shape index (κ2) is 5.32. The average Bonchev–Trinajstić information content (AvgIpc) is 2.81. The number of fused-ring (bicyclic) bond motifs is 1. The van der Waals surface area contributed by atoms with Gasteiger partial charge in [-0.1, -0.05) is 30.3 Å². The Hall–Kier alpha value is -2.01. The van der Waals surface area contributed by atoms with E-state index in [0.717, 1.165) is 5.56 Å². The molecular weight excluding hydrogens is 248 g/mol. The molecule has 100 valence electrons. The first kappa shape index (κ1) is 12.0. The Labute approximate surface area is 110 Å². The van der Waals surface area contributed by atoms with Gasteiger partial charge in [-0.05, 0) is 11.6 Å². The topological polar surface area (TPSA) is 54.0 Å². The van der Waals surface area contributed by atoms with Crippen LogP contribution in [0.1, 0.15) is 5.56 Å². The zero-order chi connectivity index (χ0) is 13.1. The van der Waals surface area contributed by atoms with Gasteiger partial charge in [0.05, 0.1) is 19.5 Å². The van der Waals surface area contributed by atoms with E-state index in [-0.39, 0.29) is 12.2 Å². The summed E-state index contributed by atoms with van der Waals surface area (Å²) in [5.74, 6) is 0. The van der Waals surface area contributed by atoms with Crippen LogP contribution in [-0.2, 0) is 25.6 Å². The van der Waals surface area contributed by atoms with Gasteiger partial charge in [0.25, 0.3) is 0 Å². The quantitative estimate of drug-likeness (QED) is 0.777. The second-order valence-electron chi connectivity index (χ2n) is 4.42. The van der Waals surface area contributed by atoms with Gasteiger partial charge in [0.1, 0.15) is 0 Å². The van der Waals surface area contributed by atoms with Crippen molar-refractivity contribution in [3.05, 3.63) is 48.2 Å². The van der Waals surface area contributed by atoms with Gasteiger partial charge in [0.15, 0.2) is 18.3 Å². The number of hydrogen-bond donors (Lipinski definition) is 0. The largest absolute Gasteiger partial charge is 0.509 e. The summed E-state index contributed by atoms with van der Waals surface area (Å²) in [5.41, 5.74) is 1.09. The minimum absolute atomic E-state index is 0.329. The third kappa shape index (κ3) is 2.71. The fraction of sp³-hybridized carbons (Fsp3) is 0.357. The Morgan fingerprint density at radius 3 is 2.84 bits per heavy atom. The Kier molecular flexibility index (Phi) is 3.37. The van der Waals surface area contributed by atoms with Crippen LogP contribution in [0.5, 0.6) is 0 Å². The number of carbonyl (C=O) groups is 1. The molecule has 3 rings (SSSR count). The van der Waals surface area contributed by atoms with Crippen LogP contribution < -0.4 is 0 Å². The molecule has 0 amide bonds. The molecule has 1 aromatic rings. The molecule has 5 heteroatoms. The molecule has 19 heavy (non-hydrogen) atoms. The first-order valence-electron chi connectivity index (χ1n) is 6.14. The molecule has 2 aliphatic rings. The van der Waals surface area contributed by atoms with E-state index in [4.69, 9.17) is 18.9 Å². The zero-order valence-corrected chi connectivity index (χ0v) is 10.2. The molecule has 0 radical (unpaired) electrons. The van der Waals surface area contributed by atoms with Crippen LogP contribution in [0, 0.1) is 0 Å². The van der Waals surface area contributed by atoms with Crippen LogP contribution in [-0.4, -0.2) is 31.1 Å². The van der Waals surface area contributed by atoms with E-state index in [0.29, 0.717) is 13.2 Å². The Morgan fingerprint density at radius 2 is 2.00 bits per heavy atom. The van der Waals surface area contributed by atoms with Crippen LogP contribution in [0.4, 0.5) is 4.79 Å². The molecule has 1 aromatic carbocycles. The van der Waals surface area contributed by atoms with Gasteiger partial charge in [0, 0.05) is 0 Å². The highest BCUT2D eigenvalue weighted by molar-refractivity contribution is 5.63. The lowest BCUT2D eigenvalue weighted by molar-refractivity contribution is -0.0552. The van der Waals surface area contributed by atoms with Crippen LogP contribution in [0.3, 0.4) is 0 Å². The summed E-state index contributed by atoms with van der Waals surface area (Å²) in [6.45, 7) is 0.841. The molecule has 0 bridgehead atoms. The van der Waals surface area contributed by atoms with E-state index in [1.165, 1.54) is 6.26 Å². The summed E-state index contributed by atoms with van der Waals surface area (Å²) in [6, 6.07) is 9.85. The maximum absolute atomic E-state index is 11.1. The monoisotopic (exact) mass is 262 g/mol. The van der Waals surface area contributed by atoms with Crippen molar-refractivity contribution in [2.45, 2.75) is 24.9 Å². The summed E-state index contributed by atoms with van der Waals surface area (Å²) >= 11 is 0.